The number of rotatable bonds is 5. The van der Waals surface area contributed by atoms with Crippen molar-refractivity contribution in [2.75, 3.05) is 52.5 Å². The van der Waals surface area contributed by atoms with Crippen LogP contribution in [0.3, 0.4) is 0 Å². The van der Waals surface area contributed by atoms with Gasteiger partial charge in [-0.25, -0.2) is 0 Å². The molecule has 0 aliphatic carbocycles. The lowest BCUT2D eigenvalue weighted by Crippen LogP contribution is -2.53. The lowest BCUT2D eigenvalue weighted by molar-refractivity contribution is -0.135. The van der Waals surface area contributed by atoms with Gasteiger partial charge < -0.3 is 20.1 Å². The molecule has 1 amide bonds. The Morgan fingerprint density at radius 1 is 1.37 bits per heavy atom. The summed E-state index contributed by atoms with van der Waals surface area (Å²) >= 11 is 0. The van der Waals surface area contributed by atoms with Crippen LogP contribution in [-0.4, -0.2) is 85.4 Å². The molecule has 0 saturated carbocycles. The van der Waals surface area contributed by atoms with Crippen LogP contribution in [0.1, 0.15) is 13.3 Å². The second kappa shape index (κ2) is 7.19. The van der Waals surface area contributed by atoms with E-state index < -0.39 is 0 Å². The van der Waals surface area contributed by atoms with Crippen molar-refractivity contribution in [1.29, 1.82) is 0 Å². The number of aliphatic hydroxyl groups is 1. The highest BCUT2D eigenvalue weighted by Gasteiger charge is 2.32. The molecule has 6 nitrogen and oxygen atoms in total. The van der Waals surface area contributed by atoms with Gasteiger partial charge in [-0.2, -0.15) is 0 Å². The number of amides is 1. The topological polar surface area (TPSA) is 65.0 Å². The van der Waals surface area contributed by atoms with Gasteiger partial charge in [0, 0.05) is 45.9 Å². The Morgan fingerprint density at radius 2 is 2.11 bits per heavy atom. The molecular formula is C13H25N3O3. The van der Waals surface area contributed by atoms with E-state index in [1.807, 2.05) is 11.8 Å². The summed E-state index contributed by atoms with van der Waals surface area (Å²) in [5, 5.41) is 12.5. The van der Waals surface area contributed by atoms with Crippen molar-refractivity contribution in [3.63, 3.8) is 0 Å². The summed E-state index contributed by atoms with van der Waals surface area (Å²) in [7, 11) is 0. The van der Waals surface area contributed by atoms with Crippen molar-refractivity contribution >= 4 is 5.91 Å². The second-order valence-corrected chi connectivity index (χ2v) is 5.21. The molecule has 2 rings (SSSR count). The molecule has 2 atom stereocenters. The minimum atomic E-state index is -0.374. The first-order chi connectivity index (χ1) is 9.20. The maximum absolute atomic E-state index is 12.2. The van der Waals surface area contributed by atoms with Gasteiger partial charge in [0.15, 0.2) is 0 Å². The summed E-state index contributed by atoms with van der Waals surface area (Å²) in [5.41, 5.74) is 0. The van der Waals surface area contributed by atoms with E-state index in [9.17, 15) is 9.90 Å². The lowest BCUT2D eigenvalue weighted by Gasteiger charge is -2.35. The van der Waals surface area contributed by atoms with E-state index >= 15 is 0 Å². The minimum absolute atomic E-state index is 0.140. The highest BCUT2D eigenvalue weighted by molar-refractivity contribution is 5.82. The number of nitrogens with one attached hydrogen (secondary N) is 1. The highest BCUT2D eigenvalue weighted by atomic mass is 16.5. The predicted molar refractivity (Wildman–Crippen MR) is 71.9 cm³/mol. The number of hydrogen-bond acceptors (Lipinski definition) is 5. The molecule has 0 bridgehead atoms. The molecule has 0 aromatic rings. The molecular weight excluding hydrogens is 246 g/mol. The van der Waals surface area contributed by atoms with Gasteiger partial charge in [0.1, 0.15) is 0 Å². The molecule has 2 saturated heterocycles. The van der Waals surface area contributed by atoms with Gasteiger partial charge in [-0.15, -0.1) is 0 Å². The number of hydrogen-bond donors (Lipinski definition) is 2. The fraction of sp³-hybridized carbons (Fsp3) is 0.923. The Morgan fingerprint density at radius 3 is 2.68 bits per heavy atom. The van der Waals surface area contributed by atoms with E-state index in [2.05, 4.69) is 10.2 Å². The van der Waals surface area contributed by atoms with Crippen LogP contribution in [0.15, 0.2) is 0 Å². The first-order valence-electron chi connectivity index (χ1n) is 7.21. The van der Waals surface area contributed by atoms with E-state index in [1.54, 1.807) is 0 Å². The normalized spacial score (nSPS) is 28.8. The molecule has 110 valence electrons. The maximum Gasteiger partial charge on any atom is 0.239 e. The van der Waals surface area contributed by atoms with Crippen LogP contribution >= 0.6 is 0 Å². The molecule has 2 fully saturated rings. The lowest BCUT2D eigenvalue weighted by atomic mass is 10.1. The van der Waals surface area contributed by atoms with Crippen LogP contribution in [0.25, 0.3) is 0 Å². The van der Waals surface area contributed by atoms with E-state index in [0.29, 0.717) is 13.0 Å². The van der Waals surface area contributed by atoms with Crippen molar-refractivity contribution < 1.29 is 14.6 Å². The first-order valence-corrected chi connectivity index (χ1v) is 7.21. The molecule has 2 aliphatic heterocycles. The number of carbonyl (C=O) groups is 1. The Kier molecular flexibility index (Phi) is 5.57. The Labute approximate surface area is 114 Å². The molecule has 2 unspecified atom stereocenters. The number of aliphatic hydroxyl groups excluding tert-OH is 1. The molecule has 0 spiro atoms. The standard InChI is InChI=1S/C13H25N3O3/c1-2-19-8-7-15-3-5-16(6-4-15)13(18)12-9-11(17)10-14-12/h11-12,14,17H,2-10H2,1H3. The van der Waals surface area contributed by atoms with Crippen molar-refractivity contribution in [3.05, 3.63) is 0 Å². The zero-order valence-corrected chi connectivity index (χ0v) is 11.7. The van der Waals surface area contributed by atoms with Gasteiger partial charge in [0.25, 0.3) is 0 Å². The van der Waals surface area contributed by atoms with Crippen LogP contribution in [0.2, 0.25) is 0 Å². The first kappa shape index (κ1) is 14.7. The summed E-state index contributed by atoms with van der Waals surface area (Å²) in [5.74, 6) is 0.140. The summed E-state index contributed by atoms with van der Waals surface area (Å²) in [6.07, 6.45) is 0.171. The van der Waals surface area contributed by atoms with Gasteiger partial charge in [-0.05, 0) is 13.3 Å². The molecule has 2 heterocycles. The summed E-state index contributed by atoms with van der Waals surface area (Å²) in [6.45, 7) is 8.37. The zero-order chi connectivity index (χ0) is 13.7. The van der Waals surface area contributed by atoms with Crippen LogP contribution in [0.5, 0.6) is 0 Å². The van der Waals surface area contributed by atoms with E-state index in [0.717, 1.165) is 45.9 Å². The van der Waals surface area contributed by atoms with Crippen LogP contribution in [0, 0.1) is 0 Å². The van der Waals surface area contributed by atoms with Gasteiger partial charge in [0.2, 0.25) is 5.91 Å². The minimum Gasteiger partial charge on any atom is -0.392 e. The third-order valence-corrected chi connectivity index (χ3v) is 3.85. The van der Waals surface area contributed by atoms with Crippen molar-refractivity contribution in [2.45, 2.75) is 25.5 Å². The third kappa shape index (κ3) is 4.14. The average Bonchev–Trinajstić information content (AvgIpc) is 2.86. The monoisotopic (exact) mass is 271 g/mol. The summed E-state index contributed by atoms with van der Waals surface area (Å²) in [6, 6.07) is -0.190. The Hall–Kier alpha value is -0.690. The van der Waals surface area contributed by atoms with Crippen molar-refractivity contribution in [1.82, 2.24) is 15.1 Å². The van der Waals surface area contributed by atoms with Gasteiger partial charge in [-0.3, -0.25) is 9.69 Å². The molecule has 2 N–H and O–H groups in total. The van der Waals surface area contributed by atoms with Crippen LogP contribution in [-0.2, 0) is 9.53 Å². The summed E-state index contributed by atoms with van der Waals surface area (Å²) in [4.78, 5) is 16.5. The van der Waals surface area contributed by atoms with Crippen LogP contribution in [0.4, 0.5) is 0 Å². The number of carbonyl (C=O) groups excluding carboxylic acids is 1. The van der Waals surface area contributed by atoms with Crippen molar-refractivity contribution in [3.8, 4) is 0 Å². The third-order valence-electron chi connectivity index (χ3n) is 3.85. The van der Waals surface area contributed by atoms with Gasteiger partial charge in [-0.1, -0.05) is 0 Å². The van der Waals surface area contributed by atoms with Crippen molar-refractivity contribution in [2.24, 2.45) is 0 Å². The largest absolute Gasteiger partial charge is 0.392 e. The Balaban J connectivity index is 1.69. The zero-order valence-electron chi connectivity index (χ0n) is 11.7. The molecule has 0 aromatic heterocycles. The quantitative estimate of drug-likeness (QED) is 0.621. The molecule has 0 aromatic carbocycles. The number of β-amino-alcohol motifs (C(OH)–C–C–N with tert-alkyl or cyclic N) is 1. The SMILES string of the molecule is CCOCCN1CCN(C(=O)C2CC(O)CN2)CC1. The second-order valence-electron chi connectivity index (χ2n) is 5.21. The summed E-state index contributed by atoms with van der Waals surface area (Å²) < 4.78 is 5.34. The fourth-order valence-corrected chi connectivity index (χ4v) is 2.66. The maximum atomic E-state index is 12.2. The molecule has 2 aliphatic rings. The number of piperazine rings is 1. The Bertz CT molecular complexity index is 293. The number of ether oxygens (including phenoxy) is 1. The van der Waals surface area contributed by atoms with E-state index in [1.165, 1.54) is 0 Å². The fourth-order valence-electron chi connectivity index (χ4n) is 2.66. The van der Waals surface area contributed by atoms with Gasteiger partial charge in [0.05, 0.1) is 18.8 Å². The molecule has 6 heteroatoms. The highest BCUT2D eigenvalue weighted by Crippen LogP contribution is 2.11. The van der Waals surface area contributed by atoms with E-state index in [-0.39, 0.29) is 18.1 Å². The number of nitrogens with zero attached hydrogens (tertiary/aromatic N) is 2. The van der Waals surface area contributed by atoms with Crippen LogP contribution < -0.4 is 5.32 Å². The molecule has 19 heavy (non-hydrogen) atoms. The predicted octanol–water partition coefficient (Wildman–Crippen LogP) is -1.11. The average molecular weight is 271 g/mol. The smallest absolute Gasteiger partial charge is 0.239 e. The van der Waals surface area contributed by atoms with E-state index in [4.69, 9.17) is 4.74 Å². The van der Waals surface area contributed by atoms with Gasteiger partial charge >= 0.3 is 0 Å². The molecule has 0 radical (unpaired) electrons.